The number of imidazole rings is 2. The molecule has 0 amide bonds. The zero-order valence-corrected chi connectivity index (χ0v) is 20.0. The highest BCUT2D eigenvalue weighted by Gasteiger charge is 2.26. The van der Waals surface area contributed by atoms with Gasteiger partial charge in [-0.1, -0.05) is 55.5 Å². The van der Waals surface area contributed by atoms with Gasteiger partial charge in [0.15, 0.2) is 0 Å². The van der Waals surface area contributed by atoms with E-state index in [4.69, 9.17) is 0 Å². The number of halogens is 2. The van der Waals surface area contributed by atoms with Crippen molar-refractivity contribution in [2.24, 2.45) is 0 Å². The zero-order valence-electron chi connectivity index (χ0n) is 20.0. The SMILES string of the molecule is CCCNCc1nc(-c2ccc(-c3ccc(-c4nc(C5CCC(C)N5)[nH]c4F)cc3)cc2)c(F)[nH]1. The Morgan fingerprint density at radius 2 is 1.40 bits per heavy atom. The maximum absolute atomic E-state index is 14.6. The average molecular weight is 477 g/mol. The molecule has 8 heteroatoms. The molecule has 1 aliphatic heterocycles. The van der Waals surface area contributed by atoms with Gasteiger partial charge in [-0.25, -0.2) is 9.97 Å². The second-order valence-electron chi connectivity index (χ2n) is 9.16. The molecule has 2 aromatic carbocycles. The Kier molecular flexibility index (Phi) is 6.74. The van der Waals surface area contributed by atoms with Gasteiger partial charge in [-0.15, -0.1) is 0 Å². The summed E-state index contributed by atoms with van der Waals surface area (Å²) in [5, 5.41) is 6.65. The van der Waals surface area contributed by atoms with Gasteiger partial charge < -0.3 is 20.6 Å². The summed E-state index contributed by atoms with van der Waals surface area (Å²) >= 11 is 0. The second kappa shape index (κ2) is 10.1. The Morgan fingerprint density at radius 1 is 0.829 bits per heavy atom. The van der Waals surface area contributed by atoms with Crippen LogP contribution in [0.2, 0.25) is 0 Å². The number of hydrogen-bond acceptors (Lipinski definition) is 4. The maximum atomic E-state index is 14.6. The van der Waals surface area contributed by atoms with E-state index in [9.17, 15) is 8.78 Å². The van der Waals surface area contributed by atoms with Crippen molar-refractivity contribution in [3.63, 3.8) is 0 Å². The first-order valence-electron chi connectivity index (χ1n) is 12.2. The second-order valence-corrected chi connectivity index (χ2v) is 9.16. The zero-order chi connectivity index (χ0) is 24.4. The highest BCUT2D eigenvalue weighted by molar-refractivity contribution is 5.71. The highest BCUT2D eigenvalue weighted by Crippen LogP contribution is 2.30. The molecule has 4 aromatic rings. The lowest BCUT2D eigenvalue weighted by Crippen LogP contribution is -2.21. The Balaban J connectivity index is 1.30. The van der Waals surface area contributed by atoms with E-state index in [0.717, 1.165) is 42.5 Å². The minimum absolute atomic E-state index is 0.0640. The monoisotopic (exact) mass is 476 g/mol. The predicted molar refractivity (Wildman–Crippen MR) is 134 cm³/mol. The average Bonchev–Trinajstić information content (AvgIpc) is 3.58. The molecular weight excluding hydrogens is 446 g/mol. The number of nitrogens with one attached hydrogen (secondary N) is 4. The molecule has 35 heavy (non-hydrogen) atoms. The van der Waals surface area contributed by atoms with Crippen LogP contribution in [-0.2, 0) is 6.54 Å². The lowest BCUT2D eigenvalue weighted by Gasteiger charge is -2.07. The lowest BCUT2D eigenvalue weighted by molar-refractivity contribution is 0.546. The van der Waals surface area contributed by atoms with Gasteiger partial charge in [-0.05, 0) is 43.9 Å². The van der Waals surface area contributed by atoms with Crippen molar-refractivity contribution in [3.8, 4) is 33.6 Å². The quantitative estimate of drug-likeness (QED) is 0.245. The summed E-state index contributed by atoms with van der Waals surface area (Å²) < 4.78 is 29.0. The summed E-state index contributed by atoms with van der Waals surface area (Å²) in [5.41, 5.74) is 4.04. The number of aromatic nitrogens is 4. The number of hydrogen-bond donors (Lipinski definition) is 4. The first-order chi connectivity index (χ1) is 17.0. The molecule has 4 N–H and O–H groups in total. The largest absolute Gasteiger partial charge is 0.317 e. The van der Waals surface area contributed by atoms with Crippen LogP contribution in [0.5, 0.6) is 0 Å². The van der Waals surface area contributed by atoms with Crippen molar-refractivity contribution in [2.75, 3.05) is 6.54 Å². The standard InChI is InChI=1S/C27H30F2N6/c1-3-14-30-15-22-32-23(25(28)33-22)19-9-5-17(6-10-19)18-7-11-20(12-8-18)24-26(29)35-27(34-24)21-13-4-16(2)31-21/h5-12,16,21,30-31H,3-4,13-15H2,1-2H3,(H,32,33)(H,34,35). The first kappa shape index (κ1) is 23.4. The molecule has 182 valence electrons. The summed E-state index contributed by atoms with van der Waals surface area (Å²) in [6, 6.07) is 15.7. The van der Waals surface area contributed by atoms with Crippen LogP contribution in [0.3, 0.4) is 0 Å². The van der Waals surface area contributed by atoms with E-state index in [1.165, 1.54) is 0 Å². The van der Waals surface area contributed by atoms with Crippen LogP contribution >= 0.6 is 0 Å². The van der Waals surface area contributed by atoms with Gasteiger partial charge in [0.25, 0.3) is 0 Å². The minimum Gasteiger partial charge on any atom is -0.317 e. The van der Waals surface area contributed by atoms with E-state index in [0.29, 0.717) is 41.2 Å². The molecule has 1 aliphatic rings. The number of H-pyrrole nitrogens is 2. The van der Waals surface area contributed by atoms with E-state index < -0.39 is 11.9 Å². The van der Waals surface area contributed by atoms with Gasteiger partial charge in [0.2, 0.25) is 11.9 Å². The van der Waals surface area contributed by atoms with E-state index >= 15 is 0 Å². The summed E-state index contributed by atoms with van der Waals surface area (Å²) in [6.07, 6.45) is 3.01. The molecule has 0 radical (unpaired) electrons. The minimum atomic E-state index is -0.432. The molecule has 5 rings (SSSR count). The van der Waals surface area contributed by atoms with Crippen molar-refractivity contribution >= 4 is 0 Å². The van der Waals surface area contributed by atoms with Crippen molar-refractivity contribution < 1.29 is 8.78 Å². The number of nitrogens with zero attached hydrogens (tertiary/aromatic N) is 2. The third-order valence-electron chi connectivity index (χ3n) is 6.46. The van der Waals surface area contributed by atoms with Crippen LogP contribution in [0, 0.1) is 11.9 Å². The normalized spacial score (nSPS) is 17.8. The fraction of sp³-hybridized carbons (Fsp3) is 0.333. The summed E-state index contributed by atoms with van der Waals surface area (Å²) in [6.45, 7) is 5.57. The van der Waals surface area contributed by atoms with Crippen molar-refractivity contribution in [2.45, 2.75) is 51.7 Å². The van der Waals surface area contributed by atoms with E-state index in [1.807, 2.05) is 48.5 Å². The molecule has 2 atom stereocenters. The van der Waals surface area contributed by atoms with Crippen LogP contribution in [0.1, 0.15) is 50.8 Å². The van der Waals surface area contributed by atoms with E-state index in [-0.39, 0.29) is 6.04 Å². The Hall–Kier alpha value is -3.36. The summed E-state index contributed by atoms with van der Waals surface area (Å²) in [4.78, 5) is 14.5. The molecule has 0 bridgehead atoms. The van der Waals surface area contributed by atoms with Crippen molar-refractivity contribution in [1.82, 2.24) is 30.6 Å². The molecule has 1 saturated heterocycles. The number of aromatic amines is 2. The predicted octanol–water partition coefficient (Wildman–Crippen LogP) is 5.72. The van der Waals surface area contributed by atoms with Gasteiger partial charge in [-0.2, -0.15) is 8.78 Å². The van der Waals surface area contributed by atoms with Crippen molar-refractivity contribution in [3.05, 3.63) is 72.1 Å². The molecule has 0 aliphatic carbocycles. The molecule has 2 aromatic heterocycles. The fourth-order valence-electron chi connectivity index (χ4n) is 4.57. The van der Waals surface area contributed by atoms with Crippen LogP contribution in [0.25, 0.3) is 33.6 Å². The third-order valence-corrected chi connectivity index (χ3v) is 6.46. The van der Waals surface area contributed by atoms with Crippen LogP contribution in [0.15, 0.2) is 48.5 Å². The smallest absolute Gasteiger partial charge is 0.219 e. The third kappa shape index (κ3) is 5.04. The fourth-order valence-corrected chi connectivity index (χ4v) is 4.57. The molecule has 6 nitrogen and oxygen atoms in total. The van der Waals surface area contributed by atoms with Crippen LogP contribution in [-0.4, -0.2) is 32.5 Å². The Bertz CT molecular complexity index is 1280. The Labute approximate surface area is 203 Å². The van der Waals surface area contributed by atoms with Crippen molar-refractivity contribution in [1.29, 1.82) is 0 Å². The molecule has 0 spiro atoms. The highest BCUT2D eigenvalue weighted by atomic mass is 19.1. The molecule has 0 saturated carbocycles. The van der Waals surface area contributed by atoms with Gasteiger partial charge in [0, 0.05) is 17.2 Å². The number of rotatable bonds is 8. The lowest BCUT2D eigenvalue weighted by atomic mass is 10.0. The van der Waals surface area contributed by atoms with E-state index in [2.05, 4.69) is 44.4 Å². The van der Waals surface area contributed by atoms with Gasteiger partial charge in [-0.3, -0.25) is 0 Å². The molecule has 3 heterocycles. The topological polar surface area (TPSA) is 81.4 Å². The van der Waals surface area contributed by atoms with Crippen LogP contribution < -0.4 is 10.6 Å². The van der Waals surface area contributed by atoms with Gasteiger partial charge in [0.1, 0.15) is 23.0 Å². The van der Waals surface area contributed by atoms with Gasteiger partial charge in [0.05, 0.1) is 12.6 Å². The first-order valence-corrected chi connectivity index (χ1v) is 12.2. The summed E-state index contributed by atoms with van der Waals surface area (Å²) in [5.74, 6) is 0.385. The van der Waals surface area contributed by atoms with Crippen LogP contribution in [0.4, 0.5) is 8.78 Å². The van der Waals surface area contributed by atoms with E-state index in [1.54, 1.807) is 0 Å². The Morgan fingerprint density at radius 3 is 1.97 bits per heavy atom. The summed E-state index contributed by atoms with van der Waals surface area (Å²) in [7, 11) is 0. The molecule has 1 fully saturated rings. The maximum Gasteiger partial charge on any atom is 0.219 e. The molecular formula is C27H30F2N6. The number of benzene rings is 2. The molecule has 2 unspecified atom stereocenters. The van der Waals surface area contributed by atoms with Gasteiger partial charge >= 0.3 is 0 Å².